The molecule has 1 fully saturated rings. The Hall–Kier alpha value is -2.11. The number of hydrogen-bond donors (Lipinski definition) is 4. The molecular weight excluding hydrogens is 431 g/mol. The summed E-state index contributed by atoms with van der Waals surface area (Å²) >= 11 is 0. The normalized spacial score (nSPS) is 24.1. The fraction of sp³-hybridized carbons (Fsp3) is 0.474. The Balaban J connectivity index is 0.000000807. The first kappa shape index (κ1) is 25.2. The first-order chi connectivity index (χ1) is 14.9. The summed E-state index contributed by atoms with van der Waals surface area (Å²) < 4.78 is 23.7. The molecule has 0 radical (unpaired) electrons. The molecule has 0 aliphatic carbocycles. The maximum Gasteiger partial charge on any atom is 0.619 e. The van der Waals surface area contributed by atoms with Gasteiger partial charge >= 0.3 is 13.9 Å². The van der Waals surface area contributed by atoms with Gasteiger partial charge in [-0.25, -0.2) is 4.79 Å². The number of benzene rings is 1. The topological polar surface area (TPSA) is 152 Å². The van der Waals surface area contributed by atoms with Crippen molar-refractivity contribution < 1.29 is 33.4 Å². The summed E-state index contributed by atoms with van der Waals surface area (Å²) in [7, 11) is -1.48. The third kappa shape index (κ3) is 6.20. The highest BCUT2D eigenvalue weighted by atomic mass is 31.2. The number of para-hydroxylation sites is 1. The van der Waals surface area contributed by atoms with Gasteiger partial charge in [-0.05, 0) is 25.3 Å². The summed E-state index contributed by atoms with van der Waals surface area (Å²) in [4.78, 5) is 35.8. The second-order valence-corrected chi connectivity index (χ2v) is 8.14. The zero-order chi connectivity index (χ0) is 23.0. The van der Waals surface area contributed by atoms with E-state index in [-0.39, 0.29) is 19.3 Å². The van der Waals surface area contributed by atoms with Crippen LogP contribution in [0.25, 0.3) is 0 Å². The minimum absolute atomic E-state index is 0.0695. The molecule has 3 atom stereocenters. The summed E-state index contributed by atoms with van der Waals surface area (Å²) in [5.74, 6) is 0.588. The Labute approximate surface area is 179 Å². The van der Waals surface area contributed by atoms with Crippen molar-refractivity contribution in [1.29, 1.82) is 0 Å². The monoisotopic (exact) mass is 459 g/mol. The average Bonchev–Trinajstić information content (AvgIpc) is 3.25. The number of aromatic nitrogens is 2. The van der Waals surface area contributed by atoms with Crippen molar-refractivity contribution in [3.8, 4) is 5.75 Å². The van der Waals surface area contributed by atoms with E-state index in [0.717, 1.165) is 25.3 Å². The minimum atomic E-state index is -3.48. The van der Waals surface area contributed by atoms with Crippen molar-refractivity contribution in [1.82, 2.24) is 9.55 Å². The first-order valence-electron chi connectivity index (χ1n) is 9.49. The van der Waals surface area contributed by atoms with E-state index in [2.05, 4.69) is 4.98 Å². The zero-order valence-corrected chi connectivity index (χ0v) is 18.4. The minimum Gasteiger partial charge on any atom is -0.400 e. The van der Waals surface area contributed by atoms with Crippen LogP contribution in [0, 0.1) is 6.92 Å². The SMILES string of the molecule is CO.CO.Cc1cccc2c1O[P+](O)(OCC1CCC(n3ccc(=O)[nH]c3=O)O1)OC2. The Morgan fingerprint density at radius 3 is 2.65 bits per heavy atom. The van der Waals surface area contributed by atoms with Crippen molar-refractivity contribution in [2.75, 3.05) is 20.8 Å². The largest absolute Gasteiger partial charge is 0.619 e. The summed E-state index contributed by atoms with van der Waals surface area (Å²) in [5.41, 5.74) is 0.778. The molecule has 4 rings (SSSR count). The highest BCUT2D eigenvalue weighted by Gasteiger charge is 2.51. The standard InChI is InChI=1S/C17H19N2O7P.2CH4O/c1-11-3-2-4-12-9-23-27(22,26-16(11)12)24-10-13-5-6-15(25-13)19-8-7-14(20)18-17(19)21;2*1-2/h2-4,7-8,13,15,22H,5-6,9-10H2,1H3;2*2H,1H3/p+1. The summed E-state index contributed by atoms with van der Waals surface area (Å²) in [6.45, 7) is 2.17. The molecule has 4 N–H and O–H groups in total. The molecule has 2 aromatic rings. The molecule has 12 heteroatoms. The van der Waals surface area contributed by atoms with Crippen molar-refractivity contribution in [2.45, 2.75) is 38.7 Å². The van der Waals surface area contributed by atoms with Crippen molar-refractivity contribution in [3.63, 3.8) is 0 Å². The van der Waals surface area contributed by atoms with Crippen LogP contribution < -0.4 is 15.8 Å². The van der Waals surface area contributed by atoms with Crippen LogP contribution in [0.2, 0.25) is 0 Å². The third-order valence-electron chi connectivity index (χ3n) is 4.55. The van der Waals surface area contributed by atoms with Gasteiger partial charge in [0.05, 0.1) is 6.10 Å². The second kappa shape index (κ2) is 11.5. The summed E-state index contributed by atoms with van der Waals surface area (Å²) in [5, 5.41) is 14.0. The average molecular weight is 459 g/mol. The van der Waals surface area contributed by atoms with Gasteiger partial charge in [0.15, 0.2) is 5.75 Å². The lowest BCUT2D eigenvalue weighted by atomic mass is 10.1. The van der Waals surface area contributed by atoms with Gasteiger partial charge in [-0.3, -0.25) is 18.9 Å². The zero-order valence-electron chi connectivity index (χ0n) is 17.6. The lowest BCUT2D eigenvalue weighted by molar-refractivity contribution is -0.0301. The van der Waals surface area contributed by atoms with E-state index in [0.29, 0.717) is 18.6 Å². The Kier molecular flexibility index (Phi) is 9.32. The van der Waals surface area contributed by atoms with E-state index in [1.165, 1.54) is 16.8 Å². The Morgan fingerprint density at radius 2 is 1.94 bits per heavy atom. The highest BCUT2D eigenvalue weighted by molar-refractivity contribution is 7.55. The molecule has 2 aliphatic rings. The van der Waals surface area contributed by atoms with Crippen LogP contribution in [-0.2, 0) is 20.4 Å². The molecule has 3 unspecified atom stereocenters. The number of nitrogens with zero attached hydrogens (tertiary/aromatic N) is 1. The number of aliphatic hydroxyl groups is 2. The van der Waals surface area contributed by atoms with Crippen molar-refractivity contribution in [2.24, 2.45) is 0 Å². The van der Waals surface area contributed by atoms with Crippen molar-refractivity contribution in [3.05, 3.63) is 62.4 Å². The van der Waals surface area contributed by atoms with E-state index in [1.54, 1.807) is 0 Å². The molecular formula is C19H28N2O9P+. The summed E-state index contributed by atoms with van der Waals surface area (Å²) in [6, 6.07) is 6.93. The predicted molar refractivity (Wildman–Crippen MR) is 112 cm³/mol. The first-order valence-corrected chi connectivity index (χ1v) is 11.0. The van der Waals surface area contributed by atoms with Crippen LogP contribution in [0.4, 0.5) is 0 Å². The highest BCUT2D eigenvalue weighted by Crippen LogP contribution is 2.62. The van der Waals surface area contributed by atoms with Gasteiger partial charge in [0, 0.05) is 32.0 Å². The van der Waals surface area contributed by atoms with Crippen LogP contribution in [0.3, 0.4) is 0 Å². The number of H-pyrrole nitrogens is 1. The van der Waals surface area contributed by atoms with E-state index in [4.69, 9.17) is 28.5 Å². The van der Waals surface area contributed by atoms with Crippen molar-refractivity contribution >= 4 is 8.17 Å². The Bertz CT molecular complexity index is 964. The van der Waals surface area contributed by atoms with Gasteiger partial charge in [-0.15, -0.1) is 9.05 Å². The molecule has 1 aromatic heterocycles. The van der Waals surface area contributed by atoms with Gasteiger partial charge in [0.2, 0.25) is 0 Å². The molecule has 31 heavy (non-hydrogen) atoms. The molecule has 3 heterocycles. The maximum absolute atomic E-state index is 11.9. The molecule has 11 nitrogen and oxygen atoms in total. The Morgan fingerprint density at radius 1 is 1.19 bits per heavy atom. The number of hydrogen-bond acceptors (Lipinski definition) is 9. The molecule has 0 amide bonds. The van der Waals surface area contributed by atoms with Gasteiger partial charge in [-0.1, -0.05) is 18.2 Å². The number of rotatable bonds is 4. The smallest absolute Gasteiger partial charge is 0.400 e. The number of nitrogens with one attached hydrogen (secondary N) is 1. The molecule has 2 aliphatic heterocycles. The lowest BCUT2D eigenvalue weighted by Gasteiger charge is -2.23. The molecule has 0 spiro atoms. The number of aromatic amines is 1. The van der Waals surface area contributed by atoms with E-state index >= 15 is 0 Å². The fourth-order valence-corrected chi connectivity index (χ4v) is 4.49. The molecule has 172 valence electrons. The van der Waals surface area contributed by atoms with Gasteiger partial charge < -0.3 is 14.9 Å². The van der Waals surface area contributed by atoms with E-state index in [1.807, 2.05) is 25.1 Å². The quantitative estimate of drug-likeness (QED) is 0.491. The second-order valence-electron chi connectivity index (χ2n) is 6.50. The molecule has 1 aromatic carbocycles. The van der Waals surface area contributed by atoms with Gasteiger partial charge in [0.1, 0.15) is 19.4 Å². The molecule has 0 saturated carbocycles. The van der Waals surface area contributed by atoms with E-state index in [9.17, 15) is 14.5 Å². The number of aryl methyl sites for hydroxylation is 1. The molecule has 1 saturated heterocycles. The summed E-state index contributed by atoms with van der Waals surface area (Å²) in [6.07, 6.45) is 1.80. The number of ether oxygens (including phenoxy) is 1. The van der Waals surface area contributed by atoms with Crippen LogP contribution in [-0.4, -0.2) is 51.6 Å². The maximum atomic E-state index is 11.9. The van der Waals surface area contributed by atoms with E-state index < -0.39 is 25.6 Å². The third-order valence-corrected chi connectivity index (χ3v) is 5.90. The van der Waals surface area contributed by atoms with Crippen LogP contribution in [0.1, 0.15) is 30.2 Å². The fourth-order valence-electron chi connectivity index (χ4n) is 3.16. The predicted octanol–water partition coefficient (Wildman–Crippen LogP) is 1.04. The number of aliphatic hydroxyl groups excluding tert-OH is 2. The van der Waals surface area contributed by atoms with Crippen LogP contribution in [0.5, 0.6) is 5.75 Å². The molecule has 0 bridgehead atoms. The van der Waals surface area contributed by atoms with Gasteiger partial charge in [-0.2, -0.15) is 4.89 Å². The van der Waals surface area contributed by atoms with Gasteiger partial charge in [0.25, 0.3) is 5.56 Å². The van der Waals surface area contributed by atoms with Crippen LogP contribution in [0.15, 0.2) is 40.1 Å². The van der Waals surface area contributed by atoms with Crippen LogP contribution >= 0.6 is 8.17 Å². The number of fused-ring (bicyclic) bond motifs is 1. The lowest BCUT2D eigenvalue weighted by Crippen LogP contribution is -2.31.